The Morgan fingerprint density at radius 2 is 2.00 bits per heavy atom. The zero-order valence-electron chi connectivity index (χ0n) is 12.0. The molecule has 0 aliphatic carbocycles. The molecule has 0 radical (unpaired) electrons. The summed E-state index contributed by atoms with van der Waals surface area (Å²) in [7, 11) is -3.98. The van der Waals surface area contributed by atoms with Crippen LogP contribution in [0.3, 0.4) is 0 Å². The second-order valence-electron chi connectivity index (χ2n) is 5.36. The minimum Gasteiger partial charge on any atom is -0.326 e. The predicted molar refractivity (Wildman–Crippen MR) is 76.1 cm³/mol. The van der Waals surface area contributed by atoms with Crippen molar-refractivity contribution in [1.82, 2.24) is 4.31 Å². The molecule has 0 aromatic heterocycles. The first-order chi connectivity index (χ1) is 9.89. The van der Waals surface area contributed by atoms with Crippen LogP contribution in [-0.4, -0.2) is 25.3 Å². The first kappa shape index (κ1) is 16.3. The van der Waals surface area contributed by atoms with Crippen LogP contribution in [0.15, 0.2) is 17.0 Å². The summed E-state index contributed by atoms with van der Waals surface area (Å²) in [6, 6.07) is 1.75. The Morgan fingerprint density at radius 3 is 2.67 bits per heavy atom. The summed E-state index contributed by atoms with van der Waals surface area (Å²) in [4.78, 5) is -0.488. The second kappa shape index (κ2) is 6.37. The Hall–Kier alpha value is -1.05. The van der Waals surface area contributed by atoms with Crippen LogP contribution in [-0.2, 0) is 16.6 Å². The molecule has 1 aliphatic rings. The van der Waals surface area contributed by atoms with E-state index in [1.807, 2.05) is 6.92 Å². The number of halogens is 2. The molecule has 1 atom stereocenters. The highest BCUT2D eigenvalue weighted by molar-refractivity contribution is 7.89. The number of nitrogens with two attached hydrogens (primary N) is 1. The number of benzene rings is 1. The quantitative estimate of drug-likeness (QED) is 0.930. The summed E-state index contributed by atoms with van der Waals surface area (Å²) in [5.74, 6) is -1.90. The van der Waals surface area contributed by atoms with Gasteiger partial charge >= 0.3 is 0 Å². The summed E-state index contributed by atoms with van der Waals surface area (Å²) in [5.41, 5.74) is 4.92. The number of hydrogen-bond acceptors (Lipinski definition) is 3. The van der Waals surface area contributed by atoms with E-state index in [4.69, 9.17) is 5.73 Å². The normalized spacial score (nSPS) is 21.2. The number of sulfonamides is 1. The van der Waals surface area contributed by atoms with E-state index in [1.165, 1.54) is 4.31 Å². The minimum atomic E-state index is -3.98. The van der Waals surface area contributed by atoms with Gasteiger partial charge in [-0.15, -0.1) is 0 Å². The maximum absolute atomic E-state index is 14.3. The lowest BCUT2D eigenvalue weighted by atomic mass is 10.1. The van der Waals surface area contributed by atoms with Crippen LogP contribution in [0.4, 0.5) is 8.78 Å². The van der Waals surface area contributed by atoms with E-state index < -0.39 is 32.1 Å². The van der Waals surface area contributed by atoms with Crippen molar-refractivity contribution >= 4 is 10.0 Å². The Bertz CT molecular complexity index is 620. The fourth-order valence-corrected chi connectivity index (χ4v) is 4.49. The largest absolute Gasteiger partial charge is 0.326 e. The monoisotopic (exact) mass is 318 g/mol. The number of rotatable bonds is 3. The van der Waals surface area contributed by atoms with Crippen molar-refractivity contribution in [3.8, 4) is 0 Å². The van der Waals surface area contributed by atoms with E-state index in [9.17, 15) is 17.2 Å². The van der Waals surface area contributed by atoms with Gasteiger partial charge in [0, 0.05) is 24.7 Å². The molecule has 1 aliphatic heterocycles. The molecule has 0 bridgehead atoms. The van der Waals surface area contributed by atoms with Crippen molar-refractivity contribution in [2.45, 2.75) is 50.1 Å². The topological polar surface area (TPSA) is 63.4 Å². The van der Waals surface area contributed by atoms with Gasteiger partial charge in [0.2, 0.25) is 10.0 Å². The third kappa shape index (κ3) is 3.09. The first-order valence-corrected chi connectivity index (χ1v) is 8.52. The zero-order valence-corrected chi connectivity index (χ0v) is 12.8. The highest BCUT2D eigenvalue weighted by atomic mass is 32.2. The molecule has 1 heterocycles. The van der Waals surface area contributed by atoms with Gasteiger partial charge in [0.1, 0.15) is 10.7 Å². The minimum absolute atomic E-state index is 0.191. The smallest absolute Gasteiger partial charge is 0.246 e. The van der Waals surface area contributed by atoms with Gasteiger partial charge in [-0.1, -0.05) is 12.8 Å². The van der Waals surface area contributed by atoms with Gasteiger partial charge in [-0.3, -0.25) is 0 Å². The Morgan fingerprint density at radius 1 is 1.29 bits per heavy atom. The second-order valence-corrected chi connectivity index (χ2v) is 7.22. The van der Waals surface area contributed by atoms with Crippen LogP contribution in [0.2, 0.25) is 0 Å². The summed E-state index contributed by atoms with van der Waals surface area (Å²) < 4.78 is 54.4. The van der Waals surface area contributed by atoms with Crippen molar-refractivity contribution < 1.29 is 17.2 Å². The van der Waals surface area contributed by atoms with Crippen molar-refractivity contribution in [2.75, 3.05) is 6.54 Å². The van der Waals surface area contributed by atoms with Gasteiger partial charge in [0.25, 0.3) is 0 Å². The zero-order chi connectivity index (χ0) is 15.6. The summed E-state index contributed by atoms with van der Waals surface area (Å²) >= 11 is 0. The first-order valence-electron chi connectivity index (χ1n) is 7.08. The molecule has 2 N–H and O–H groups in total. The molecule has 1 aromatic rings. The van der Waals surface area contributed by atoms with Crippen molar-refractivity contribution in [3.05, 3.63) is 29.3 Å². The molecule has 1 fully saturated rings. The van der Waals surface area contributed by atoms with Crippen LogP contribution < -0.4 is 5.73 Å². The highest BCUT2D eigenvalue weighted by Gasteiger charge is 2.33. The van der Waals surface area contributed by atoms with Crippen LogP contribution in [0, 0.1) is 11.6 Å². The van der Waals surface area contributed by atoms with Crippen molar-refractivity contribution in [1.29, 1.82) is 0 Å². The van der Waals surface area contributed by atoms with Gasteiger partial charge in [-0.05, 0) is 31.9 Å². The summed E-state index contributed by atoms with van der Waals surface area (Å²) in [6.07, 6.45) is 3.39. The summed E-state index contributed by atoms with van der Waals surface area (Å²) in [5, 5.41) is 0. The third-order valence-corrected chi connectivity index (χ3v) is 5.96. The van der Waals surface area contributed by atoms with Crippen molar-refractivity contribution in [2.24, 2.45) is 5.73 Å². The molecule has 4 nitrogen and oxygen atoms in total. The van der Waals surface area contributed by atoms with Crippen LogP contribution in [0.5, 0.6) is 0 Å². The molecule has 118 valence electrons. The average Bonchev–Trinajstić information content (AvgIpc) is 2.64. The Kier molecular flexibility index (Phi) is 4.95. The molecule has 2 rings (SSSR count). The molecular formula is C14H20F2N2O2S. The average molecular weight is 318 g/mol. The maximum atomic E-state index is 14.3. The van der Waals surface area contributed by atoms with E-state index >= 15 is 0 Å². The van der Waals surface area contributed by atoms with Crippen LogP contribution in [0.25, 0.3) is 0 Å². The standard InChI is InChI=1S/C14H20F2N2O2S/c1-10-5-3-2-4-8-18(10)21(19,20)13-7-6-12(15)11(9-17)14(13)16/h6-7,10H,2-5,8-9,17H2,1H3. The fraction of sp³-hybridized carbons (Fsp3) is 0.571. The molecule has 21 heavy (non-hydrogen) atoms. The van der Waals surface area contributed by atoms with Crippen LogP contribution in [0.1, 0.15) is 38.2 Å². The molecular weight excluding hydrogens is 298 g/mol. The lowest BCUT2D eigenvalue weighted by Gasteiger charge is -2.26. The maximum Gasteiger partial charge on any atom is 0.246 e. The lowest BCUT2D eigenvalue weighted by Crippen LogP contribution is -2.38. The van der Waals surface area contributed by atoms with E-state index in [0.29, 0.717) is 6.54 Å². The van der Waals surface area contributed by atoms with E-state index in [1.54, 1.807) is 0 Å². The molecule has 1 aromatic carbocycles. The molecule has 0 spiro atoms. The highest BCUT2D eigenvalue weighted by Crippen LogP contribution is 2.28. The number of nitrogens with zero attached hydrogens (tertiary/aromatic N) is 1. The predicted octanol–water partition coefficient (Wildman–Crippen LogP) is 2.38. The van der Waals surface area contributed by atoms with Gasteiger partial charge < -0.3 is 5.73 Å². The SMILES string of the molecule is CC1CCCCCN1S(=O)(=O)c1ccc(F)c(CN)c1F. The Labute approximate surface area is 124 Å². The molecule has 0 amide bonds. The van der Waals surface area contributed by atoms with Gasteiger partial charge in [-0.25, -0.2) is 17.2 Å². The Balaban J connectivity index is 2.48. The van der Waals surface area contributed by atoms with Crippen molar-refractivity contribution in [3.63, 3.8) is 0 Å². The fourth-order valence-electron chi connectivity index (χ4n) is 2.69. The van der Waals surface area contributed by atoms with E-state index in [0.717, 1.165) is 37.8 Å². The van der Waals surface area contributed by atoms with Gasteiger partial charge in [0.15, 0.2) is 5.82 Å². The molecule has 7 heteroatoms. The molecule has 1 unspecified atom stereocenters. The van der Waals surface area contributed by atoms with Gasteiger partial charge in [-0.2, -0.15) is 4.31 Å². The van der Waals surface area contributed by atoms with E-state index in [-0.39, 0.29) is 12.6 Å². The summed E-state index contributed by atoms with van der Waals surface area (Å²) in [6.45, 7) is 1.79. The third-order valence-electron chi connectivity index (χ3n) is 3.93. The lowest BCUT2D eigenvalue weighted by molar-refractivity contribution is 0.340. The van der Waals surface area contributed by atoms with Gasteiger partial charge in [0.05, 0.1) is 0 Å². The van der Waals surface area contributed by atoms with Crippen LogP contribution >= 0.6 is 0 Å². The van der Waals surface area contributed by atoms with E-state index in [2.05, 4.69) is 0 Å². The molecule has 0 saturated carbocycles. The number of hydrogen-bond donors (Lipinski definition) is 1. The molecule has 1 saturated heterocycles.